The van der Waals surface area contributed by atoms with Gasteiger partial charge in [0.15, 0.2) is 11.6 Å². The zero-order valence-electron chi connectivity index (χ0n) is 9.86. The van der Waals surface area contributed by atoms with Crippen LogP contribution in [0, 0.1) is 5.92 Å². The molecule has 1 aromatic heterocycles. The Morgan fingerprint density at radius 2 is 1.94 bits per heavy atom. The van der Waals surface area contributed by atoms with E-state index >= 15 is 0 Å². The van der Waals surface area contributed by atoms with E-state index in [4.69, 9.17) is 20.9 Å². The highest BCUT2D eigenvalue weighted by Crippen LogP contribution is 2.24. The van der Waals surface area contributed by atoms with E-state index < -0.39 is 0 Å². The second-order valence-corrected chi connectivity index (χ2v) is 3.88. The molecule has 0 spiro atoms. The Balaban J connectivity index is 2.88. The molecule has 0 aliphatic rings. The normalized spacial score (nSPS) is 10.8. The van der Waals surface area contributed by atoms with Crippen LogP contribution in [0.25, 0.3) is 0 Å². The van der Waals surface area contributed by atoms with Gasteiger partial charge in [-0.3, -0.25) is 0 Å². The minimum Gasteiger partial charge on any atom is -0.476 e. The Morgan fingerprint density at radius 1 is 1.25 bits per heavy atom. The highest BCUT2D eigenvalue weighted by atomic mass is 16.5. The lowest BCUT2D eigenvalue weighted by atomic mass is 10.2. The molecule has 1 aromatic rings. The van der Waals surface area contributed by atoms with E-state index in [0.717, 1.165) is 0 Å². The Hall–Kier alpha value is -1.56. The maximum absolute atomic E-state index is 5.72. The maximum Gasteiger partial charge on any atom is 0.242 e. The summed E-state index contributed by atoms with van der Waals surface area (Å²) in [5.41, 5.74) is 11.6. The van der Waals surface area contributed by atoms with Crippen molar-refractivity contribution in [3.8, 4) is 5.88 Å². The number of ether oxygens (including phenoxy) is 2. The number of hydrogen-bond acceptors (Lipinski definition) is 6. The van der Waals surface area contributed by atoms with Crippen molar-refractivity contribution >= 4 is 11.5 Å². The van der Waals surface area contributed by atoms with E-state index in [0.29, 0.717) is 24.2 Å². The highest BCUT2D eigenvalue weighted by Gasteiger charge is 2.11. The van der Waals surface area contributed by atoms with E-state index in [1.165, 1.54) is 0 Å². The molecule has 0 fully saturated rings. The highest BCUT2D eigenvalue weighted by molar-refractivity contribution is 5.64. The average molecular weight is 226 g/mol. The smallest absolute Gasteiger partial charge is 0.242 e. The van der Waals surface area contributed by atoms with Crippen molar-refractivity contribution in [3.63, 3.8) is 0 Å². The molecule has 0 bridgehead atoms. The first-order valence-electron chi connectivity index (χ1n) is 5.08. The molecule has 0 amide bonds. The summed E-state index contributed by atoms with van der Waals surface area (Å²) < 4.78 is 10.4. The van der Waals surface area contributed by atoms with Gasteiger partial charge in [-0.1, -0.05) is 13.8 Å². The van der Waals surface area contributed by atoms with Crippen LogP contribution in [0.15, 0.2) is 0 Å². The Bertz CT molecular complexity index is 355. The summed E-state index contributed by atoms with van der Waals surface area (Å²) in [6.45, 7) is 4.89. The Kier molecular flexibility index (Phi) is 4.30. The van der Waals surface area contributed by atoms with Crippen LogP contribution >= 0.6 is 0 Å². The van der Waals surface area contributed by atoms with Crippen LogP contribution in [0.5, 0.6) is 5.88 Å². The second kappa shape index (κ2) is 5.50. The minimum absolute atomic E-state index is 0.223. The summed E-state index contributed by atoms with van der Waals surface area (Å²) in [5.74, 6) is 1.41. The fourth-order valence-electron chi connectivity index (χ4n) is 1.06. The van der Waals surface area contributed by atoms with Gasteiger partial charge in [0.2, 0.25) is 5.88 Å². The minimum atomic E-state index is 0.223. The van der Waals surface area contributed by atoms with Crippen LogP contribution in [-0.4, -0.2) is 23.7 Å². The van der Waals surface area contributed by atoms with Crippen molar-refractivity contribution in [3.05, 3.63) is 5.82 Å². The molecule has 1 heterocycles. The van der Waals surface area contributed by atoms with Crippen LogP contribution in [0.2, 0.25) is 0 Å². The average Bonchev–Trinajstić information content (AvgIpc) is 2.21. The first-order chi connectivity index (χ1) is 7.54. The molecule has 90 valence electrons. The number of nitrogens with zero attached hydrogens (tertiary/aromatic N) is 2. The van der Waals surface area contributed by atoms with E-state index in [1.54, 1.807) is 7.11 Å². The second-order valence-electron chi connectivity index (χ2n) is 3.88. The maximum atomic E-state index is 5.72. The summed E-state index contributed by atoms with van der Waals surface area (Å²) >= 11 is 0. The van der Waals surface area contributed by atoms with Crippen molar-refractivity contribution in [2.24, 2.45) is 5.92 Å². The van der Waals surface area contributed by atoms with Gasteiger partial charge in [0.05, 0.1) is 6.61 Å². The third kappa shape index (κ3) is 3.23. The van der Waals surface area contributed by atoms with Gasteiger partial charge in [0.1, 0.15) is 12.3 Å². The number of methoxy groups -OCH3 is 1. The topological polar surface area (TPSA) is 96.3 Å². The molecule has 6 heteroatoms. The van der Waals surface area contributed by atoms with Crippen LogP contribution in [-0.2, 0) is 11.3 Å². The largest absolute Gasteiger partial charge is 0.476 e. The zero-order valence-corrected chi connectivity index (χ0v) is 9.86. The third-order valence-electron chi connectivity index (χ3n) is 1.81. The number of nitrogen functional groups attached to an aromatic ring is 2. The predicted molar refractivity (Wildman–Crippen MR) is 61.9 cm³/mol. The standard InChI is InChI=1S/C10H18N4O2/c1-6(2)4-16-10-8(11)9(12)13-7(14-10)5-15-3/h6H,4-5,11H2,1-3H3,(H2,12,13,14). The van der Waals surface area contributed by atoms with Crippen LogP contribution in [0.1, 0.15) is 19.7 Å². The molecular formula is C10H18N4O2. The Morgan fingerprint density at radius 3 is 2.50 bits per heavy atom. The molecule has 0 aromatic carbocycles. The number of aromatic nitrogens is 2. The zero-order chi connectivity index (χ0) is 12.1. The van der Waals surface area contributed by atoms with Gasteiger partial charge in [-0.2, -0.15) is 4.98 Å². The Labute approximate surface area is 95.0 Å². The van der Waals surface area contributed by atoms with E-state index in [-0.39, 0.29) is 18.1 Å². The van der Waals surface area contributed by atoms with Crippen LogP contribution < -0.4 is 16.2 Å². The number of rotatable bonds is 5. The van der Waals surface area contributed by atoms with Gasteiger partial charge >= 0.3 is 0 Å². The van der Waals surface area contributed by atoms with Gasteiger partial charge in [-0.25, -0.2) is 4.98 Å². The molecule has 0 unspecified atom stereocenters. The van der Waals surface area contributed by atoms with Crippen LogP contribution in [0.4, 0.5) is 11.5 Å². The molecule has 0 saturated heterocycles. The lowest BCUT2D eigenvalue weighted by molar-refractivity contribution is 0.176. The quantitative estimate of drug-likeness (QED) is 0.771. The first-order valence-corrected chi connectivity index (χ1v) is 5.08. The van der Waals surface area contributed by atoms with Gasteiger partial charge < -0.3 is 20.9 Å². The molecule has 0 aliphatic heterocycles. The molecule has 4 N–H and O–H groups in total. The molecule has 16 heavy (non-hydrogen) atoms. The predicted octanol–water partition coefficient (Wildman–Crippen LogP) is 0.822. The summed E-state index contributed by atoms with van der Waals surface area (Å²) in [6.07, 6.45) is 0. The monoisotopic (exact) mass is 226 g/mol. The van der Waals surface area contributed by atoms with Crippen molar-refractivity contribution in [2.75, 3.05) is 25.2 Å². The number of anilines is 2. The molecular weight excluding hydrogens is 208 g/mol. The van der Waals surface area contributed by atoms with E-state index in [9.17, 15) is 0 Å². The van der Waals surface area contributed by atoms with E-state index in [2.05, 4.69) is 9.97 Å². The van der Waals surface area contributed by atoms with Gasteiger partial charge in [0.25, 0.3) is 0 Å². The first kappa shape index (κ1) is 12.5. The number of hydrogen-bond donors (Lipinski definition) is 2. The lowest BCUT2D eigenvalue weighted by Crippen LogP contribution is -2.12. The molecule has 1 rings (SSSR count). The fourth-order valence-corrected chi connectivity index (χ4v) is 1.06. The van der Waals surface area contributed by atoms with Gasteiger partial charge in [-0.15, -0.1) is 0 Å². The van der Waals surface area contributed by atoms with Crippen molar-refractivity contribution in [2.45, 2.75) is 20.5 Å². The molecule has 0 saturated carbocycles. The van der Waals surface area contributed by atoms with Crippen molar-refractivity contribution < 1.29 is 9.47 Å². The van der Waals surface area contributed by atoms with Crippen molar-refractivity contribution in [1.82, 2.24) is 9.97 Å². The summed E-state index contributed by atoms with van der Waals surface area (Å²) in [7, 11) is 1.56. The fraction of sp³-hybridized carbons (Fsp3) is 0.600. The van der Waals surface area contributed by atoms with Gasteiger partial charge in [0, 0.05) is 7.11 Å². The number of nitrogens with two attached hydrogens (primary N) is 2. The molecule has 0 radical (unpaired) electrons. The summed E-state index contributed by atoms with van der Waals surface area (Å²) in [4.78, 5) is 8.12. The summed E-state index contributed by atoms with van der Waals surface area (Å²) in [5, 5.41) is 0. The lowest BCUT2D eigenvalue weighted by Gasteiger charge is -2.12. The summed E-state index contributed by atoms with van der Waals surface area (Å²) in [6, 6.07) is 0. The molecule has 0 aliphatic carbocycles. The van der Waals surface area contributed by atoms with E-state index in [1.807, 2.05) is 13.8 Å². The van der Waals surface area contributed by atoms with Crippen LogP contribution in [0.3, 0.4) is 0 Å². The van der Waals surface area contributed by atoms with Crippen molar-refractivity contribution in [1.29, 1.82) is 0 Å². The molecule has 6 nitrogen and oxygen atoms in total. The molecule has 0 atom stereocenters. The SMILES string of the molecule is COCc1nc(N)c(N)c(OCC(C)C)n1. The van der Waals surface area contributed by atoms with Gasteiger partial charge in [-0.05, 0) is 5.92 Å². The third-order valence-corrected chi connectivity index (χ3v) is 1.81.